The van der Waals surface area contributed by atoms with Gasteiger partial charge in [-0.15, -0.1) is 11.3 Å². The van der Waals surface area contributed by atoms with E-state index in [-0.39, 0.29) is 12.0 Å². The van der Waals surface area contributed by atoms with E-state index in [2.05, 4.69) is 23.6 Å². The third kappa shape index (κ3) is 1.68. The number of benzene rings is 1. The van der Waals surface area contributed by atoms with Gasteiger partial charge in [-0.1, -0.05) is 19.9 Å². The van der Waals surface area contributed by atoms with Crippen LogP contribution in [0.25, 0.3) is 10.1 Å². The van der Waals surface area contributed by atoms with Gasteiger partial charge in [-0.25, -0.2) is 0 Å². The first-order chi connectivity index (χ1) is 6.68. The standard InChI is InChI=1S/C12H14OS/c1-8(2)12(13)10-3-4-11-9(7-10)5-6-14-11/h3-8,12-13H,1-2H3. The monoisotopic (exact) mass is 206 g/mol. The molecular formula is C12H14OS. The molecule has 14 heavy (non-hydrogen) atoms. The van der Waals surface area contributed by atoms with Crippen molar-refractivity contribution < 1.29 is 5.11 Å². The van der Waals surface area contributed by atoms with Crippen molar-refractivity contribution >= 4 is 21.4 Å². The van der Waals surface area contributed by atoms with Gasteiger partial charge in [0.1, 0.15) is 0 Å². The number of fused-ring (bicyclic) bond motifs is 1. The zero-order chi connectivity index (χ0) is 10.1. The predicted octanol–water partition coefficient (Wildman–Crippen LogP) is 3.59. The van der Waals surface area contributed by atoms with Crippen LogP contribution >= 0.6 is 11.3 Å². The molecule has 0 saturated carbocycles. The van der Waals surface area contributed by atoms with Crippen molar-refractivity contribution in [3.05, 3.63) is 35.2 Å². The molecule has 0 saturated heterocycles. The van der Waals surface area contributed by atoms with Gasteiger partial charge in [-0.3, -0.25) is 0 Å². The highest BCUT2D eigenvalue weighted by atomic mass is 32.1. The van der Waals surface area contributed by atoms with Gasteiger partial charge >= 0.3 is 0 Å². The highest BCUT2D eigenvalue weighted by Gasteiger charge is 2.11. The van der Waals surface area contributed by atoms with Crippen LogP contribution in [0.2, 0.25) is 0 Å². The summed E-state index contributed by atoms with van der Waals surface area (Å²) < 4.78 is 1.28. The Morgan fingerprint density at radius 3 is 2.71 bits per heavy atom. The Balaban J connectivity index is 2.43. The van der Waals surface area contributed by atoms with Gasteiger partial charge in [0.25, 0.3) is 0 Å². The van der Waals surface area contributed by atoms with E-state index in [0.717, 1.165) is 5.56 Å². The van der Waals surface area contributed by atoms with Crippen LogP contribution in [-0.4, -0.2) is 5.11 Å². The molecule has 1 nitrogen and oxygen atoms in total. The first-order valence-electron chi connectivity index (χ1n) is 4.83. The van der Waals surface area contributed by atoms with E-state index in [0.29, 0.717) is 0 Å². The second-order valence-electron chi connectivity index (χ2n) is 3.91. The number of hydrogen-bond donors (Lipinski definition) is 1. The summed E-state index contributed by atoms with van der Waals surface area (Å²) in [6, 6.07) is 8.28. The maximum Gasteiger partial charge on any atom is 0.0813 e. The van der Waals surface area contributed by atoms with Crippen LogP contribution in [-0.2, 0) is 0 Å². The van der Waals surface area contributed by atoms with Gasteiger partial charge in [0.2, 0.25) is 0 Å². The normalized spacial score (nSPS) is 13.7. The third-order valence-corrected chi connectivity index (χ3v) is 3.35. The number of hydrogen-bond acceptors (Lipinski definition) is 2. The maximum absolute atomic E-state index is 9.90. The van der Waals surface area contributed by atoms with Crippen LogP contribution in [0.3, 0.4) is 0 Å². The minimum atomic E-state index is -0.348. The summed E-state index contributed by atoms with van der Waals surface area (Å²) in [5.41, 5.74) is 1.02. The molecule has 0 bridgehead atoms. The van der Waals surface area contributed by atoms with Crippen molar-refractivity contribution in [1.82, 2.24) is 0 Å². The molecule has 2 rings (SSSR count). The van der Waals surface area contributed by atoms with Crippen LogP contribution in [0.1, 0.15) is 25.5 Å². The van der Waals surface area contributed by atoms with E-state index in [1.807, 2.05) is 19.9 Å². The van der Waals surface area contributed by atoms with E-state index in [1.165, 1.54) is 10.1 Å². The average molecular weight is 206 g/mol. The molecule has 2 heteroatoms. The lowest BCUT2D eigenvalue weighted by Crippen LogP contribution is -2.04. The van der Waals surface area contributed by atoms with Crippen LogP contribution in [0.4, 0.5) is 0 Å². The molecule has 0 radical (unpaired) electrons. The summed E-state index contributed by atoms with van der Waals surface area (Å²) in [5, 5.41) is 13.2. The molecule has 0 spiro atoms. The smallest absolute Gasteiger partial charge is 0.0813 e. The molecule has 1 aromatic carbocycles. The lowest BCUT2D eigenvalue weighted by Gasteiger charge is -2.14. The minimum absolute atomic E-state index is 0.270. The molecule has 0 amide bonds. The van der Waals surface area contributed by atoms with E-state index in [9.17, 15) is 5.11 Å². The summed E-state index contributed by atoms with van der Waals surface area (Å²) in [7, 11) is 0. The first-order valence-corrected chi connectivity index (χ1v) is 5.71. The Hall–Kier alpha value is -0.860. The SMILES string of the molecule is CC(C)C(O)c1ccc2sccc2c1. The molecule has 1 N–H and O–H groups in total. The molecule has 1 unspecified atom stereocenters. The average Bonchev–Trinajstić information content (AvgIpc) is 2.62. The third-order valence-electron chi connectivity index (χ3n) is 2.45. The molecule has 0 aliphatic carbocycles. The lowest BCUT2D eigenvalue weighted by atomic mass is 9.98. The molecule has 2 aromatic rings. The Labute approximate surface area is 88.0 Å². The Morgan fingerprint density at radius 2 is 2.00 bits per heavy atom. The van der Waals surface area contributed by atoms with Crippen LogP contribution in [0, 0.1) is 5.92 Å². The number of aliphatic hydroxyl groups excluding tert-OH is 1. The van der Waals surface area contributed by atoms with Crippen molar-refractivity contribution in [2.75, 3.05) is 0 Å². The molecule has 0 aliphatic rings. The molecule has 1 aromatic heterocycles. The van der Waals surface area contributed by atoms with Gasteiger partial charge in [-0.05, 0) is 40.4 Å². The van der Waals surface area contributed by atoms with Gasteiger partial charge in [0.05, 0.1) is 6.10 Å². The largest absolute Gasteiger partial charge is 0.388 e. The molecule has 1 heterocycles. The van der Waals surface area contributed by atoms with Crippen molar-refractivity contribution in [2.24, 2.45) is 5.92 Å². The van der Waals surface area contributed by atoms with E-state index in [1.54, 1.807) is 11.3 Å². The molecule has 0 aliphatic heterocycles. The Kier molecular flexibility index (Phi) is 2.57. The van der Waals surface area contributed by atoms with Gasteiger partial charge in [0.15, 0.2) is 0 Å². The van der Waals surface area contributed by atoms with Gasteiger partial charge < -0.3 is 5.11 Å². The zero-order valence-corrected chi connectivity index (χ0v) is 9.21. The molecular weight excluding hydrogens is 192 g/mol. The number of thiophene rings is 1. The van der Waals surface area contributed by atoms with Crippen LogP contribution < -0.4 is 0 Å². The minimum Gasteiger partial charge on any atom is -0.388 e. The fourth-order valence-corrected chi connectivity index (χ4v) is 2.32. The second kappa shape index (κ2) is 3.71. The Morgan fingerprint density at radius 1 is 1.21 bits per heavy atom. The fourth-order valence-electron chi connectivity index (χ4n) is 1.55. The van der Waals surface area contributed by atoms with Crippen molar-refractivity contribution in [1.29, 1.82) is 0 Å². The van der Waals surface area contributed by atoms with Gasteiger partial charge in [0, 0.05) is 4.70 Å². The summed E-state index contributed by atoms with van der Waals surface area (Å²) in [5.74, 6) is 0.270. The van der Waals surface area contributed by atoms with Crippen molar-refractivity contribution in [3.63, 3.8) is 0 Å². The van der Waals surface area contributed by atoms with Crippen molar-refractivity contribution in [2.45, 2.75) is 20.0 Å². The highest BCUT2D eigenvalue weighted by molar-refractivity contribution is 7.17. The highest BCUT2D eigenvalue weighted by Crippen LogP contribution is 2.27. The number of rotatable bonds is 2. The van der Waals surface area contributed by atoms with E-state index >= 15 is 0 Å². The molecule has 0 fully saturated rings. The summed E-state index contributed by atoms with van der Waals surface area (Å²) in [6.07, 6.45) is -0.348. The fraction of sp³-hybridized carbons (Fsp3) is 0.333. The predicted molar refractivity (Wildman–Crippen MR) is 61.6 cm³/mol. The lowest BCUT2D eigenvalue weighted by molar-refractivity contribution is 0.127. The topological polar surface area (TPSA) is 20.2 Å². The molecule has 1 atom stereocenters. The van der Waals surface area contributed by atoms with Gasteiger partial charge in [-0.2, -0.15) is 0 Å². The van der Waals surface area contributed by atoms with E-state index < -0.39 is 0 Å². The summed E-state index contributed by atoms with van der Waals surface area (Å²) in [4.78, 5) is 0. The summed E-state index contributed by atoms with van der Waals surface area (Å²) >= 11 is 1.73. The van der Waals surface area contributed by atoms with Crippen molar-refractivity contribution in [3.8, 4) is 0 Å². The van der Waals surface area contributed by atoms with Crippen LogP contribution in [0.15, 0.2) is 29.6 Å². The molecule has 74 valence electrons. The quantitative estimate of drug-likeness (QED) is 0.796. The number of aliphatic hydroxyl groups is 1. The zero-order valence-electron chi connectivity index (χ0n) is 8.40. The Bertz CT molecular complexity index is 431. The van der Waals surface area contributed by atoms with Crippen LogP contribution in [0.5, 0.6) is 0 Å². The summed E-state index contributed by atoms with van der Waals surface area (Å²) in [6.45, 7) is 4.06. The van der Waals surface area contributed by atoms with E-state index in [4.69, 9.17) is 0 Å². The second-order valence-corrected chi connectivity index (χ2v) is 4.85. The maximum atomic E-state index is 9.90. The first kappa shape index (κ1) is 9.69.